The van der Waals surface area contributed by atoms with Crippen LogP contribution in [-0.4, -0.2) is 18.5 Å². The van der Waals surface area contributed by atoms with Crippen LogP contribution in [0.4, 0.5) is 8.78 Å². The fourth-order valence-corrected chi connectivity index (χ4v) is 1.87. The Morgan fingerprint density at radius 2 is 2.12 bits per heavy atom. The number of aromatic nitrogens is 1. The lowest BCUT2D eigenvalue weighted by Crippen LogP contribution is -2.01. The van der Waals surface area contributed by atoms with E-state index in [2.05, 4.69) is 4.98 Å². The van der Waals surface area contributed by atoms with Gasteiger partial charge in [0.1, 0.15) is 16.7 Å². The molecular formula is C7H3ClF2N2O3S. The van der Waals surface area contributed by atoms with Crippen LogP contribution in [0.1, 0.15) is 17.8 Å². The molecule has 0 aliphatic heterocycles. The van der Waals surface area contributed by atoms with Gasteiger partial charge in [0.15, 0.2) is 11.4 Å². The summed E-state index contributed by atoms with van der Waals surface area (Å²) in [6.07, 6.45) is -3.22. The molecule has 5 nitrogen and oxygen atoms in total. The van der Waals surface area contributed by atoms with Crippen molar-refractivity contribution < 1.29 is 22.3 Å². The van der Waals surface area contributed by atoms with Crippen LogP contribution >= 0.6 is 10.7 Å². The molecule has 0 amide bonds. The smallest absolute Gasteiger partial charge is 0.284 e. The fourth-order valence-electron chi connectivity index (χ4n) is 0.929. The van der Waals surface area contributed by atoms with E-state index >= 15 is 0 Å². The number of pyridine rings is 1. The van der Waals surface area contributed by atoms with Gasteiger partial charge in [0, 0.05) is 10.7 Å². The van der Waals surface area contributed by atoms with Gasteiger partial charge in [-0.15, -0.1) is 0 Å². The SMILES string of the molecule is N#Cc1cc(S(=O)(=O)Cl)c(O)c(C(F)F)n1. The van der Waals surface area contributed by atoms with Crippen LogP contribution in [0.2, 0.25) is 0 Å². The number of nitrogens with zero attached hydrogens (tertiary/aromatic N) is 2. The molecule has 1 rings (SSSR count). The second-order valence-electron chi connectivity index (χ2n) is 2.59. The molecular weight excluding hydrogens is 266 g/mol. The number of alkyl halides is 2. The Morgan fingerprint density at radius 1 is 1.56 bits per heavy atom. The van der Waals surface area contributed by atoms with Gasteiger partial charge < -0.3 is 5.11 Å². The largest absolute Gasteiger partial charge is 0.505 e. The zero-order valence-electron chi connectivity index (χ0n) is 7.35. The van der Waals surface area contributed by atoms with Crippen molar-refractivity contribution in [2.45, 2.75) is 11.3 Å². The number of hydrogen-bond acceptors (Lipinski definition) is 5. The number of rotatable bonds is 2. The van der Waals surface area contributed by atoms with Gasteiger partial charge in [0.2, 0.25) is 0 Å². The molecule has 0 unspecified atom stereocenters. The summed E-state index contributed by atoms with van der Waals surface area (Å²) < 4.78 is 46.5. The zero-order chi connectivity index (χ0) is 12.5. The van der Waals surface area contributed by atoms with E-state index in [4.69, 9.17) is 15.9 Å². The Kier molecular flexibility index (Phi) is 3.30. The van der Waals surface area contributed by atoms with Crippen LogP contribution in [0, 0.1) is 11.3 Å². The molecule has 0 saturated carbocycles. The van der Waals surface area contributed by atoms with Crippen molar-refractivity contribution in [3.8, 4) is 11.8 Å². The molecule has 0 aliphatic carbocycles. The first-order valence-corrected chi connectivity index (χ1v) is 5.95. The number of aromatic hydroxyl groups is 1. The first-order chi connectivity index (χ1) is 7.27. The van der Waals surface area contributed by atoms with Crippen LogP contribution in [0.15, 0.2) is 11.0 Å². The van der Waals surface area contributed by atoms with E-state index in [-0.39, 0.29) is 0 Å². The number of halogens is 3. The highest BCUT2D eigenvalue weighted by molar-refractivity contribution is 8.13. The molecule has 0 saturated heterocycles. The van der Waals surface area contributed by atoms with Crippen molar-refractivity contribution in [3.05, 3.63) is 17.5 Å². The molecule has 16 heavy (non-hydrogen) atoms. The maximum atomic E-state index is 12.3. The number of hydrogen-bond donors (Lipinski definition) is 1. The lowest BCUT2D eigenvalue weighted by Gasteiger charge is -2.06. The summed E-state index contributed by atoms with van der Waals surface area (Å²) in [5.41, 5.74) is -1.77. The van der Waals surface area contributed by atoms with Gasteiger partial charge in [-0.05, 0) is 6.07 Å². The molecule has 0 radical (unpaired) electrons. The molecule has 1 aromatic rings. The molecule has 9 heteroatoms. The summed E-state index contributed by atoms with van der Waals surface area (Å²) in [4.78, 5) is 2.12. The highest BCUT2D eigenvalue weighted by Gasteiger charge is 2.25. The molecule has 1 aromatic heterocycles. The molecule has 0 spiro atoms. The van der Waals surface area contributed by atoms with E-state index in [0.717, 1.165) is 0 Å². The minimum absolute atomic E-state index is 0.577. The minimum Gasteiger partial charge on any atom is -0.505 e. The normalized spacial score (nSPS) is 11.4. The van der Waals surface area contributed by atoms with Crippen LogP contribution < -0.4 is 0 Å². The van der Waals surface area contributed by atoms with Crippen LogP contribution in [-0.2, 0) is 9.05 Å². The van der Waals surface area contributed by atoms with Gasteiger partial charge in [-0.1, -0.05) is 0 Å². The van der Waals surface area contributed by atoms with E-state index in [9.17, 15) is 22.3 Å². The van der Waals surface area contributed by atoms with Crippen molar-refractivity contribution in [1.82, 2.24) is 4.98 Å². The van der Waals surface area contributed by atoms with Crippen molar-refractivity contribution in [1.29, 1.82) is 5.26 Å². The highest BCUT2D eigenvalue weighted by Crippen LogP contribution is 2.34. The van der Waals surface area contributed by atoms with Crippen LogP contribution in [0.3, 0.4) is 0 Å². The highest BCUT2D eigenvalue weighted by atomic mass is 35.7. The Labute approximate surface area is 93.3 Å². The first-order valence-electron chi connectivity index (χ1n) is 3.64. The van der Waals surface area contributed by atoms with Crippen LogP contribution in [0.25, 0.3) is 0 Å². The Bertz CT molecular complexity index is 568. The molecule has 0 aromatic carbocycles. The van der Waals surface area contributed by atoms with E-state index in [1.165, 1.54) is 6.07 Å². The monoisotopic (exact) mass is 268 g/mol. The summed E-state index contributed by atoms with van der Waals surface area (Å²) >= 11 is 0. The molecule has 0 fully saturated rings. The third kappa shape index (κ3) is 2.37. The molecule has 1 heterocycles. The second-order valence-corrected chi connectivity index (χ2v) is 5.12. The van der Waals surface area contributed by atoms with Gasteiger partial charge in [0.05, 0.1) is 0 Å². The molecule has 1 N–H and O–H groups in total. The summed E-state index contributed by atoms with van der Waals surface area (Å²) in [5.74, 6) is -1.25. The van der Waals surface area contributed by atoms with E-state index in [1.807, 2.05) is 0 Å². The number of nitriles is 1. The summed E-state index contributed by atoms with van der Waals surface area (Å²) in [5, 5.41) is 17.6. The van der Waals surface area contributed by atoms with E-state index < -0.39 is 37.5 Å². The molecule has 86 valence electrons. The van der Waals surface area contributed by atoms with E-state index in [0.29, 0.717) is 6.07 Å². The first kappa shape index (κ1) is 12.6. The maximum absolute atomic E-state index is 12.3. The second kappa shape index (κ2) is 4.19. The maximum Gasteiger partial charge on any atom is 0.284 e. The zero-order valence-corrected chi connectivity index (χ0v) is 8.93. The summed E-state index contributed by atoms with van der Waals surface area (Å²) in [6.45, 7) is 0. The predicted octanol–water partition coefficient (Wildman–Crippen LogP) is 1.52. The Balaban J connectivity index is 3.65. The van der Waals surface area contributed by atoms with Gasteiger partial charge in [-0.25, -0.2) is 22.2 Å². The quantitative estimate of drug-likeness (QED) is 0.821. The third-order valence-electron chi connectivity index (χ3n) is 1.57. The average Bonchev–Trinajstić information content (AvgIpc) is 2.15. The molecule has 0 bridgehead atoms. The van der Waals surface area contributed by atoms with Crippen LogP contribution in [0.5, 0.6) is 5.75 Å². The van der Waals surface area contributed by atoms with Gasteiger partial charge in [-0.3, -0.25) is 0 Å². The standard InChI is InChI=1S/C7H3ClF2N2O3S/c8-16(14,15)4-1-3(2-11)12-5(6(4)13)7(9)10/h1,7,13H. The van der Waals surface area contributed by atoms with Crippen molar-refractivity contribution in [2.24, 2.45) is 0 Å². The molecule has 0 aliphatic rings. The Morgan fingerprint density at radius 3 is 2.50 bits per heavy atom. The average molecular weight is 269 g/mol. The van der Waals surface area contributed by atoms with Gasteiger partial charge in [0.25, 0.3) is 15.5 Å². The summed E-state index contributed by atoms with van der Waals surface area (Å²) in [7, 11) is 0.475. The minimum atomic E-state index is -4.42. The van der Waals surface area contributed by atoms with Crippen molar-refractivity contribution in [3.63, 3.8) is 0 Å². The fraction of sp³-hybridized carbons (Fsp3) is 0.143. The van der Waals surface area contributed by atoms with Gasteiger partial charge >= 0.3 is 0 Å². The lowest BCUT2D eigenvalue weighted by molar-refractivity contribution is 0.141. The van der Waals surface area contributed by atoms with Crippen molar-refractivity contribution in [2.75, 3.05) is 0 Å². The Hall–Kier alpha value is -1.46. The lowest BCUT2D eigenvalue weighted by atomic mass is 10.3. The van der Waals surface area contributed by atoms with Gasteiger partial charge in [-0.2, -0.15) is 5.26 Å². The predicted molar refractivity (Wildman–Crippen MR) is 48.6 cm³/mol. The third-order valence-corrected chi connectivity index (χ3v) is 2.90. The molecule has 0 atom stereocenters. The van der Waals surface area contributed by atoms with E-state index in [1.54, 1.807) is 0 Å². The van der Waals surface area contributed by atoms with Crippen molar-refractivity contribution >= 4 is 19.7 Å². The summed E-state index contributed by atoms with van der Waals surface area (Å²) in [6, 6.07) is 2.00. The topological polar surface area (TPSA) is 91.0 Å².